The van der Waals surface area contributed by atoms with Gasteiger partial charge >= 0.3 is 0 Å². The lowest BCUT2D eigenvalue weighted by molar-refractivity contribution is 0.295. The highest BCUT2D eigenvalue weighted by atomic mass is 35.5. The Kier molecular flexibility index (Phi) is 7.78. The van der Waals surface area contributed by atoms with Gasteiger partial charge in [-0.15, -0.1) is 0 Å². The third-order valence-electron chi connectivity index (χ3n) is 3.81. The van der Waals surface area contributed by atoms with Gasteiger partial charge in [0.25, 0.3) is 0 Å². The highest BCUT2D eigenvalue weighted by molar-refractivity contribution is 6.39. The predicted molar refractivity (Wildman–Crippen MR) is 93.8 cm³/mol. The predicted octanol–water partition coefficient (Wildman–Crippen LogP) is 4.93. The molecule has 1 aromatic heterocycles. The maximum absolute atomic E-state index is 6.33. The van der Waals surface area contributed by atoms with Crippen LogP contribution in [0.3, 0.4) is 0 Å². The number of nitrogens with one attached hydrogen (secondary N) is 1. The molecular formula is C16H27Cl2N3. The van der Waals surface area contributed by atoms with Crippen LogP contribution in [-0.2, 0) is 0 Å². The number of aryl methyl sites for hydroxylation is 2. The topological polar surface area (TPSA) is 28.2 Å². The Morgan fingerprint density at radius 2 is 1.62 bits per heavy atom. The van der Waals surface area contributed by atoms with E-state index in [4.69, 9.17) is 23.2 Å². The summed E-state index contributed by atoms with van der Waals surface area (Å²) in [6.07, 6.45) is 2.25. The van der Waals surface area contributed by atoms with Crippen LogP contribution in [0.15, 0.2) is 0 Å². The van der Waals surface area contributed by atoms with E-state index in [-0.39, 0.29) is 0 Å². The van der Waals surface area contributed by atoms with Crippen LogP contribution in [0, 0.1) is 13.8 Å². The fourth-order valence-corrected chi connectivity index (χ4v) is 2.85. The van der Waals surface area contributed by atoms with Gasteiger partial charge in [-0.25, -0.2) is 0 Å². The molecule has 0 bridgehead atoms. The lowest BCUT2D eigenvalue weighted by atomic mass is 10.1. The van der Waals surface area contributed by atoms with E-state index in [1.807, 2.05) is 13.8 Å². The van der Waals surface area contributed by atoms with Crippen molar-refractivity contribution in [2.75, 3.05) is 25.0 Å². The molecule has 0 saturated carbocycles. The zero-order valence-electron chi connectivity index (χ0n) is 13.8. The van der Waals surface area contributed by atoms with Crippen LogP contribution < -0.4 is 5.32 Å². The van der Waals surface area contributed by atoms with E-state index in [1.165, 1.54) is 0 Å². The van der Waals surface area contributed by atoms with Gasteiger partial charge < -0.3 is 10.2 Å². The van der Waals surface area contributed by atoms with Gasteiger partial charge in [0, 0.05) is 6.04 Å². The van der Waals surface area contributed by atoms with Crippen LogP contribution in [0.2, 0.25) is 10.0 Å². The van der Waals surface area contributed by atoms with Gasteiger partial charge in [0.05, 0.1) is 27.1 Å². The molecule has 21 heavy (non-hydrogen) atoms. The first kappa shape index (κ1) is 18.5. The molecule has 0 fully saturated rings. The summed E-state index contributed by atoms with van der Waals surface area (Å²) in [5.41, 5.74) is 2.45. The molecule has 0 aromatic carbocycles. The van der Waals surface area contributed by atoms with E-state index in [0.29, 0.717) is 16.1 Å². The van der Waals surface area contributed by atoms with Gasteiger partial charge in [-0.3, -0.25) is 4.98 Å². The summed E-state index contributed by atoms with van der Waals surface area (Å²) < 4.78 is 0. The van der Waals surface area contributed by atoms with Crippen molar-refractivity contribution in [2.24, 2.45) is 0 Å². The van der Waals surface area contributed by atoms with Crippen LogP contribution in [0.25, 0.3) is 0 Å². The molecular weight excluding hydrogens is 305 g/mol. The van der Waals surface area contributed by atoms with E-state index in [2.05, 4.69) is 36.0 Å². The Hall–Kier alpha value is -0.510. The van der Waals surface area contributed by atoms with Crippen LogP contribution in [0.5, 0.6) is 0 Å². The molecule has 0 spiro atoms. The Bertz CT molecular complexity index is 433. The third kappa shape index (κ3) is 5.32. The van der Waals surface area contributed by atoms with E-state index in [1.54, 1.807) is 0 Å². The van der Waals surface area contributed by atoms with E-state index in [0.717, 1.165) is 49.6 Å². The highest BCUT2D eigenvalue weighted by Gasteiger charge is 2.15. The molecule has 1 heterocycles. The second kappa shape index (κ2) is 8.82. The molecule has 1 N–H and O–H groups in total. The molecule has 1 unspecified atom stereocenters. The Morgan fingerprint density at radius 1 is 1.10 bits per heavy atom. The first-order chi connectivity index (χ1) is 9.90. The number of rotatable bonds is 8. The molecule has 120 valence electrons. The molecule has 1 rings (SSSR count). The van der Waals surface area contributed by atoms with E-state index < -0.39 is 0 Å². The summed E-state index contributed by atoms with van der Waals surface area (Å²) in [6.45, 7) is 13.7. The minimum Gasteiger partial charge on any atom is -0.380 e. The van der Waals surface area contributed by atoms with Crippen molar-refractivity contribution in [3.05, 3.63) is 21.4 Å². The third-order valence-corrected chi connectivity index (χ3v) is 4.73. The van der Waals surface area contributed by atoms with E-state index in [9.17, 15) is 0 Å². The summed E-state index contributed by atoms with van der Waals surface area (Å²) >= 11 is 12.7. The summed E-state index contributed by atoms with van der Waals surface area (Å²) in [7, 11) is 0. The fourth-order valence-electron chi connectivity index (χ4n) is 2.41. The average Bonchev–Trinajstić information content (AvgIpc) is 2.46. The average molecular weight is 332 g/mol. The first-order valence-corrected chi connectivity index (χ1v) is 8.47. The number of hydrogen-bond acceptors (Lipinski definition) is 3. The maximum Gasteiger partial charge on any atom is 0.0865 e. The SMILES string of the molecule is CCN(CC)CCCC(C)Nc1c(Cl)c(C)nc(C)c1Cl. The van der Waals surface area contributed by atoms with Crippen LogP contribution in [0.1, 0.15) is 45.0 Å². The van der Waals surface area contributed by atoms with Gasteiger partial charge in [0.2, 0.25) is 0 Å². The molecule has 0 aliphatic carbocycles. The standard InChI is InChI=1S/C16H27Cl2N3/c1-6-21(7-2)10-8-9-11(3)19-16-14(17)12(4)20-13(5)15(16)18/h11H,6-10H2,1-5H3,(H,19,20). The van der Waals surface area contributed by atoms with E-state index >= 15 is 0 Å². The highest BCUT2D eigenvalue weighted by Crippen LogP contribution is 2.34. The quantitative estimate of drug-likeness (QED) is 0.732. The molecule has 0 saturated heterocycles. The van der Waals surface area contributed by atoms with Crippen molar-refractivity contribution in [3.63, 3.8) is 0 Å². The lowest BCUT2D eigenvalue weighted by Crippen LogP contribution is -2.25. The smallest absolute Gasteiger partial charge is 0.0865 e. The van der Waals surface area contributed by atoms with Crippen LogP contribution in [-0.4, -0.2) is 35.6 Å². The largest absolute Gasteiger partial charge is 0.380 e. The first-order valence-electron chi connectivity index (χ1n) is 7.71. The lowest BCUT2D eigenvalue weighted by Gasteiger charge is -2.21. The van der Waals surface area contributed by atoms with Gasteiger partial charge in [-0.2, -0.15) is 0 Å². The molecule has 0 aliphatic heterocycles. The number of hydrogen-bond donors (Lipinski definition) is 1. The second-order valence-electron chi connectivity index (χ2n) is 5.50. The summed E-state index contributed by atoms with van der Waals surface area (Å²) in [6, 6.07) is 0.330. The zero-order chi connectivity index (χ0) is 16.0. The Balaban J connectivity index is 2.61. The number of halogens is 2. The zero-order valence-corrected chi connectivity index (χ0v) is 15.3. The summed E-state index contributed by atoms with van der Waals surface area (Å²) in [4.78, 5) is 6.78. The number of anilines is 1. The van der Waals surface area contributed by atoms with Crippen LogP contribution >= 0.6 is 23.2 Å². The number of nitrogens with zero attached hydrogens (tertiary/aromatic N) is 2. The van der Waals surface area contributed by atoms with Crippen molar-refractivity contribution in [1.29, 1.82) is 0 Å². The van der Waals surface area contributed by atoms with Gasteiger partial charge in [0.15, 0.2) is 0 Å². The summed E-state index contributed by atoms with van der Waals surface area (Å²) in [5.74, 6) is 0. The fraction of sp³-hybridized carbons (Fsp3) is 0.688. The van der Waals surface area contributed by atoms with Gasteiger partial charge in [-0.05, 0) is 53.2 Å². The number of aromatic nitrogens is 1. The summed E-state index contributed by atoms with van der Waals surface area (Å²) in [5, 5.41) is 4.70. The van der Waals surface area contributed by atoms with Crippen molar-refractivity contribution < 1.29 is 0 Å². The van der Waals surface area contributed by atoms with Crippen molar-refractivity contribution in [3.8, 4) is 0 Å². The molecule has 0 radical (unpaired) electrons. The van der Waals surface area contributed by atoms with Crippen molar-refractivity contribution in [2.45, 2.75) is 53.5 Å². The second-order valence-corrected chi connectivity index (χ2v) is 6.26. The van der Waals surface area contributed by atoms with Gasteiger partial charge in [0.1, 0.15) is 0 Å². The molecule has 0 amide bonds. The normalized spacial score (nSPS) is 12.8. The minimum absolute atomic E-state index is 0.330. The van der Waals surface area contributed by atoms with Crippen molar-refractivity contribution >= 4 is 28.9 Å². The molecule has 0 aliphatic rings. The Morgan fingerprint density at radius 3 is 2.10 bits per heavy atom. The minimum atomic E-state index is 0.330. The molecule has 5 heteroatoms. The van der Waals surface area contributed by atoms with Crippen LogP contribution in [0.4, 0.5) is 5.69 Å². The van der Waals surface area contributed by atoms with Gasteiger partial charge in [-0.1, -0.05) is 37.0 Å². The molecule has 1 aromatic rings. The maximum atomic E-state index is 6.33. The number of pyridine rings is 1. The monoisotopic (exact) mass is 331 g/mol. The molecule has 3 nitrogen and oxygen atoms in total. The van der Waals surface area contributed by atoms with Crippen molar-refractivity contribution in [1.82, 2.24) is 9.88 Å². The Labute approximate surface area is 139 Å². The molecule has 1 atom stereocenters.